The summed E-state index contributed by atoms with van der Waals surface area (Å²) in [5.74, 6) is -3.54. The molecule has 7 atom stereocenters. The van der Waals surface area contributed by atoms with Gasteiger partial charge in [-0.15, -0.1) is 6.58 Å². The van der Waals surface area contributed by atoms with E-state index in [4.69, 9.17) is 4.74 Å². The van der Waals surface area contributed by atoms with Crippen LogP contribution in [0.1, 0.15) is 52.9 Å². The zero-order valence-electron chi connectivity index (χ0n) is 18.1. The third kappa shape index (κ3) is 3.24. The number of aliphatic hydroxyl groups excluding tert-OH is 1. The van der Waals surface area contributed by atoms with Gasteiger partial charge in [-0.2, -0.15) is 0 Å². The molecular formula is C22H34N2O6. The van der Waals surface area contributed by atoms with E-state index in [-0.39, 0.29) is 24.5 Å². The van der Waals surface area contributed by atoms with E-state index in [1.807, 2.05) is 20.8 Å². The Hall–Kier alpha value is -1.93. The SMILES string of the molecule is C=CCN(C(=O)[C@H]1N([C@@H](CC)CO)C(=O)[C@@H]2[C@@H](C(=O)O)[C@H]3CC[C@]21O3)C(C)CCC. The molecule has 0 aromatic rings. The normalized spacial score (nSPS) is 34.0. The molecule has 2 N–H and O–H groups in total. The quantitative estimate of drug-likeness (QED) is 0.516. The number of aliphatic carboxylic acids is 1. The fourth-order valence-electron chi connectivity index (χ4n) is 5.82. The van der Waals surface area contributed by atoms with E-state index in [1.165, 1.54) is 4.90 Å². The molecule has 1 spiro atoms. The number of hydrogen-bond donors (Lipinski definition) is 2. The zero-order chi connectivity index (χ0) is 22.2. The van der Waals surface area contributed by atoms with Crippen LogP contribution in [0, 0.1) is 11.8 Å². The Bertz CT molecular complexity index is 708. The Balaban J connectivity index is 2.08. The predicted molar refractivity (Wildman–Crippen MR) is 110 cm³/mol. The first-order valence-electron chi connectivity index (χ1n) is 11.0. The van der Waals surface area contributed by atoms with E-state index in [1.54, 1.807) is 11.0 Å². The van der Waals surface area contributed by atoms with E-state index < -0.39 is 41.6 Å². The summed E-state index contributed by atoms with van der Waals surface area (Å²) in [5, 5.41) is 19.8. The average molecular weight is 423 g/mol. The fourth-order valence-corrected chi connectivity index (χ4v) is 5.82. The third-order valence-electron chi connectivity index (χ3n) is 7.18. The molecule has 0 saturated carbocycles. The van der Waals surface area contributed by atoms with Crippen molar-refractivity contribution in [1.82, 2.24) is 9.80 Å². The van der Waals surface area contributed by atoms with E-state index >= 15 is 0 Å². The summed E-state index contributed by atoms with van der Waals surface area (Å²) in [6.45, 7) is 9.68. The number of carboxylic acids is 1. The van der Waals surface area contributed by atoms with Crippen LogP contribution >= 0.6 is 0 Å². The number of carbonyl (C=O) groups is 3. The summed E-state index contributed by atoms with van der Waals surface area (Å²) in [6.07, 6.45) is 4.26. The van der Waals surface area contributed by atoms with Crippen molar-refractivity contribution in [3.63, 3.8) is 0 Å². The van der Waals surface area contributed by atoms with Crippen molar-refractivity contribution in [2.75, 3.05) is 13.2 Å². The molecule has 0 radical (unpaired) electrons. The molecule has 8 heteroatoms. The number of carbonyl (C=O) groups excluding carboxylic acids is 2. The van der Waals surface area contributed by atoms with Crippen molar-refractivity contribution in [2.45, 2.75) is 82.7 Å². The number of carboxylic acid groups (broad SMARTS) is 1. The van der Waals surface area contributed by atoms with Gasteiger partial charge in [0.05, 0.1) is 30.6 Å². The lowest BCUT2D eigenvalue weighted by Gasteiger charge is -2.40. The highest BCUT2D eigenvalue weighted by Crippen LogP contribution is 2.59. The van der Waals surface area contributed by atoms with Gasteiger partial charge in [0.25, 0.3) is 0 Å². The number of hydrogen-bond acceptors (Lipinski definition) is 5. The monoisotopic (exact) mass is 422 g/mol. The van der Waals surface area contributed by atoms with Crippen molar-refractivity contribution in [3.8, 4) is 0 Å². The minimum Gasteiger partial charge on any atom is -0.481 e. The van der Waals surface area contributed by atoms with Gasteiger partial charge in [0, 0.05) is 12.6 Å². The van der Waals surface area contributed by atoms with Gasteiger partial charge in [0.2, 0.25) is 11.8 Å². The maximum absolute atomic E-state index is 13.9. The molecule has 3 rings (SSSR count). The van der Waals surface area contributed by atoms with Crippen LogP contribution in [0.5, 0.6) is 0 Å². The minimum atomic E-state index is -1.14. The number of rotatable bonds is 10. The predicted octanol–water partition coefficient (Wildman–Crippen LogP) is 1.42. The number of likely N-dealkylation sites (tertiary alicyclic amines) is 1. The van der Waals surface area contributed by atoms with Gasteiger partial charge in [0.15, 0.2) is 0 Å². The summed E-state index contributed by atoms with van der Waals surface area (Å²) in [5.41, 5.74) is -1.14. The van der Waals surface area contributed by atoms with Crippen LogP contribution < -0.4 is 0 Å². The van der Waals surface area contributed by atoms with Crippen molar-refractivity contribution in [1.29, 1.82) is 0 Å². The number of ether oxygens (including phenoxy) is 1. The number of aliphatic hydroxyl groups is 1. The first kappa shape index (κ1) is 22.7. The molecule has 168 valence electrons. The van der Waals surface area contributed by atoms with Crippen LogP contribution in [0.25, 0.3) is 0 Å². The van der Waals surface area contributed by atoms with E-state index in [9.17, 15) is 24.6 Å². The van der Waals surface area contributed by atoms with Crippen molar-refractivity contribution in [3.05, 3.63) is 12.7 Å². The largest absolute Gasteiger partial charge is 0.481 e. The van der Waals surface area contributed by atoms with Gasteiger partial charge in [-0.3, -0.25) is 14.4 Å². The molecule has 0 aromatic carbocycles. The molecule has 3 fully saturated rings. The smallest absolute Gasteiger partial charge is 0.310 e. The summed E-state index contributed by atoms with van der Waals surface area (Å²) >= 11 is 0. The Kier molecular flexibility index (Phi) is 6.57. The van der Waals surface area contributed by atoms with Crippen LogP contribution in [-0.2, 0) is 19.1 Å². The fraction of sp³-hybridized carbons (Fsp3) is 0.773. The van der Waals surface area contributed by atoms with Crippen LogP contribution in [0.4, 0.5) is 0 Å². The molecule has 3 aliphatic heterocycles. The first-order chi connectivity index (χ1) is 14.3. The molecule has 8 nitrogen and oxygen atoms in total. The van der Waals surface area contributed by atoms with Gasteiger partial charge in [-0.1, -0.05) is 26.3 Å². The molecule has 3 aliphatic rings. The second-order valence-corrected chi connectivity index (χ2v) is 8.80. The summed E-state index contributed by atoms with van der Waals surface area (Å²) < 4.78 is 6.20. The van der Waals surface area contributed by atoms with Crippen molar-refractivity contribution in [2.24, 2.45) is 11.8 Å². The molecule has 2 amide bonds. The van der Waals surface area contributed by atoms with E-state index in [0.717, 1.165) is 12.8 Å². The Labute approximate surface area is 177 Å². The number of amides is 2. The highest BCUT2D eigenvalue weighted by atomic mass is 16.5. The molecule has 0 aliphatic carbocycles. The second-order valence-electron chi connectivity index (χ2n) is 8.80. The van der Waals surface area contributed by atoms with Gasteiger partial charge < -0.3 is 24.7 Å². The molecule has 0 aromatic heterocycles. The van der Waals surface area contributed by atoms with Crippen molar-refractivity contribution >= 4 is 17.8 Å². The number of fused-ring (bicyclic) bond motifs is 1. The summed E-state index contributed by atoms with van der Waals surface area (Å²) in [6, 6.07) is -1.55. The van der Waals surface area contributed by atoms with Gasteiger partial charge in [-0.25, -0.2) is 0 Å². The van der Waals surface area contributed by atoms with Crippen LogP contribution in [-0.4, -0.2) is 80.8 Å². The Morgan fingerprint density at radius 1 is 1.43 bits per heavy atom. The lowest BCUT2D eigenvalue weighted by molar-refractivity contribution is -0.154. The molecule has 2 bridgehead atoms. The topological polar surface area (TPSA) is 107 Å². The molecular weight excluding hydrogens is 388 g/mol. The lowest BCUT2D eigenvalue weighted by Crippen LogP contribution is -2.60. The van der Waals surface area contributed by atoms with Crippen LogP contribution in [0.15, 0.2) is 12.7 Å². The van der Waals surface area contributed by atoms with E-state index in [2.05, 4.69) is 6.58 Å². The van der Waals surface area contributed by atoms with E-state index in [0.29, 0.717) is 25.8 Å². The molecule has 3 heterocycles. The van der Waals surface area contributed by atoms with Gasteiger partial charge >= 0.3 is 5.97 Å². The standard InChI is InChI=1S/C22H34N2O6/c1-5-8-13(4)23(11-6-2)20(27)18-22-10-9-15(30-22)16(21(28)29)17(22)19(26)24(18)14(7-3)12-25/h6,13-18,25H,2,5,7-12H2,1,3-4H3,(H,28,29)/t13?,14-,15+,16-,17-,18+,22-/m0/s1. The molecule has 3 saturated heterocycles. The summed E-state index contributed by atoms with van der Waals surface area (Å²) in [4.78, 5) is 42.6. The van der Waals surface area contributed by atoms with Gasteiger partial charge in [0.1, 0.15) is 11.6 Å². The minimum absolute atomic E-state index is 0.0593. The maximum atomic E-state index is 13.9. The number of nitrogens with zero attached hydrogens (tertiary/aromatic N) is 2. The van der Waals surface area contributed by atoms with Crippen molar-refractivity contribution < 1.29 is 29.3 Å². The molecule has 30 heavy (non-hydrogen) atoms. The summed E-state index contributed by atoms with van der Waals surface area (Å²) in [7, 11) is 0. The zero-order valence-corrected chi connectivity index (χ0v) is 18.1. The highest BCUT2D eigenvalue weighted by Gasteiger charge is 2.75. The Morgan fingerprint density at radius 2 is 2.13 bits per heavy atom. The Morgan fingerprint density at radius 3 is 2.67 bits per heavy atom. The van der Waals surface area contributed by atoms with Gasteiger partial charge in [-0.05, 0) is 32.6 Å². The van der Waals surface area contributed by atoms with Crippen LogP contribution in [0.3, 0.4) is 0 Å². The maximum Gasteiger partial charge on any atom is 0.310 e. The first-order valence-corrected chi connectivity index (χ1v) is 11.0. The lowest BCUT2D eigenvalue weighted by atomic mass is 9.70. The molecule has 1 unspecified atom stereocenters. The second kappa shape index (κ2) is 8.67. The van der Waals surface area contributed by atoms with Crippen LogP contribution in [0.2, 0.25) is 0 Å². The highest BCUT2D eigenvalue weighted by molar-refractivity contribution is 5.98. The average Bonchev–Trinajstić information content (AvgIpc) is 3.35. The third-order valence-corrected chi connectivity index (χ3v) is 7.18.